The molecule has 1 aliphatic rings. The van der Waals surface area contributed by atoms with Crippen LogP contribution in [0, 0.1) is 0 Å². The lowest BCUT2D eigenvalue weighted by Gasteiger charge is -2.36. The quantitative estimate of drug-likeness (QED) is 0.833. The lowest BCUT2D eigenvalue weighted by atomic mass is 9.84. The van der Waals surface area contributed by atoms with Gasteiger partial charge in [-0.1, -0.05) is 13.3 Å². The van der Waals surface area contributed by atoms with Crippen LogP contribution in [-0.2, 0) is 10.3 Å². The first-order valence-corrected chi connectivity index (χ1v) is 5.61. The minimum atomic E-state index is -0.745. The highest BCUT2D eigenvalue weighted by molar-refractivity contribution is 5.17. The molecule has 0 aliphatic carbocycles. The summed E-state index contributed by atoms with van der Waals surface area (Å²) in [6.07, 6.45) is 6.87. The Kier molecular flexibility index (Phi) is 3.12. The Morgan fingerprint density at radius 1 is 1.60 bits per heavy atom. The fourth-order valence-corrected chi connectivity index (χ4v) is 2.23. The minimum absolute atomic E-state index is 0.184. The molecule has 15 heavy (non-hydrogen) atoms. The molecular weight excluding hydrogens is 192 g/mol. The van der Waals surface area contributed by atoms with Crippen molar-refractivity contribution in [1.29, 1.82) is 0 Å². The summed E-state index contributed by atoms with van der Waals surface area (Å²) in [6, 6.07) is 1.84. The highest BCUT2D eigenvalue weighted by Gasteiger charge is 2.36. The summed E-state index contributed by atoms with van der Waals surface area (Å²) in [7, 11) is 0. The number of ether oxygens (including phenoxy) is 1. The zero-order valence-electron chi connectivity index (χ0n) is 9.11. The van der Waals surface area contributed by atoms with Gasteiger partial charge in [0.25, 0.3) is 0 Å². The third-order valence-corrected chi connectivity index (χ3v) is 3.10. The summed E-state index contributed by atoms with van der Waals surface area (Å²) in [4.78, 5) is 0. The number of hydrogen-bond acceptors (Lipinski definition) is 3. The van der Waals surface area contributed by atoms with E-state index >= 15 is 0 Å². The van der Waals surface area contributed by atoms with Crippen LogP contribution in [0.1, 0.15) is 38.2 Å². The first kappa shape index (κ1) is 10.7. The van der Waals surface area contributed by atoms with Gasteiger partial charge in [-0.3, -0.25) is 0 Å². The van der Waals surface area contributed by atoms with Crippen LogP contribution >= 0.6 is 0 Å². The number of furan rings is 1. The molecule has 1 aromatic heterocycles. The molecule has 0 bridgehead atoms. The minimum Gasteiger partial charge on any atom is -0.472 e. The number of aliphatic hydroxyl groups is 1. The van der Waals surface area contributed by atoms with Crippen molar-refractivity contribution in [3.05, 3.63) is 24.2 Å². The summed E-state index contributed by atoms with van der Waals surface area (Å²) < 4.78 is 10.6. The molecule has 3 heteroatoms. The van der Waals surface area contributed by atoms with E-state index in [0.29, 0.717) is 19.4 Å². The Labute approximate surface area is 90.0 Å². The van der Waals surface area contributed by atoms with Crippen molar-refractivity contribution >= 4 is 0 Å². The molecule has 2 unspecified atom stereocenters. The largest absolute Gasteiger partial charge is 0.472 e. The maximum absolute atomic E-state index is 10.5. The Balaban J connectivity index is 2.08. The van der Waals surface area contributed by atoms with E-state index in [9.17, 15) is 5.11 Å². The Hall–Kier alpha value is -0.800. The van der Waals surface area contributed by atoms with E-state index < -0.39 is 5.60 Å². The van der Waals surface area contributed by atoms with Gasteiger partial charge in [-0.25, -0.2) is 0 Å². The predicted molar refractivity (Wildman–Crippen MR) is 56.5 cm³/mol. The molecule has 1 fully saturated rings. The fourth-order valence-electron chi connectivity index (χ4n) is 2.23. The second-order valence-electron chi connectivity index (χ2n) is 4.28. The Morgan fingerprint density at radius 2 is 2.47 bits per heavy atom. The maximum atomic E-state index is 10.5. The zero-order valence-corrected chi connectivity index (χ0v) is 9.11. The van der Waals surface area contributed by atoms with Crippen LogP contribution < -0.4 is 0 Å². The van der Waals surface area contributed by atoms with Crippen molar-refractivity contribution in [2.24, 2.45) is 0 Å². The average molecular weight is 210 g/mol. The van der Waals surface area contributed by atoms with E-state index in [1.165, 1.54) is 0 Å². The summed E-state index contributed by atoms with van der Waals surface area (Å²) in [5.74, 6) is 0. The van der Waals surface area contributed by atoms with Crippen molar-refractivity contribution in [2.45, 2.75) is 44.3 Å². The van der Waals surface area contributed by atoms with Gasteiger partial charge in [0.05, 0.1) is 30.8 Å². The van der Waals surface area contributed by atoms with E-state index in [4.69, 9.17) is 9.15 Å². The van der Waals surface area contributed by atoms with Crippen LogP contribution in [0.3, 0.4) is 0 Å². The van der Waals surface area contributed by atoms with Crippen LogP contribution in [0.2, 0.25) is 0 Å². The molecule has 0 radical (unpaired) electrons. The molecule has 1 N–H and O–H groups in total. The van der Waals surface area contributed by atoms with Gasteiger partial charge in [0, 0.05) is 18.4 Å². The van der Waals surface area contributed by atoms with Crippen molar-refractivity contribution in [3.63, 3.8) is 0 Å². The molecule has 84 valence electrons. The third-order valence-electron chi connectivity index (χ3n) is 3.10. The van der Waals surface area contributed by atoms with Gasteiger partial charge in [0.1, 0.15) is 0 Å². The molecule has 2 rings (SSSR count). The molecule has 0 spiro atoms. The van der Waals surface area contributed by atoms with E-state index in [1.54, 1.807) is 12.5 Å². The van der Waals surface area contributed by atoms with E-state index in [0.717, 1.165) is 18.4 Å². The highest BCUT2D eigenvalue weighted by atomic mass is 16.5. The maximum Gasteiger partial charge on any atom is 0.0974 e. The van der Waals surface area contributed by atoms with Crippen molar-refractivity contribution in [2.75, 3.05) is 6.61 Å². The van der Waals surface area contributed by atoms with Crippen molar-refractivity contribution in [3.8, 4) is 0 Å². The topological polar surface area (TPSA) is 42.6 Å². The van der Waals surface area contributed by atoms with Gasteiger partial charge in [-0.15, -0.1) is 0 Å². The Morgan fingerprint density at radius 3 is 3.13 bits per heavy atom. The van der Waals surface area contributed by atoms with Crippen LogP contribution in [0.5, 0.6) is 0 Å². The zero-order chi connectivity index (χ0) is 10.7. The normalized spacial score (nSPS) is 31.7. The van der Waals surface area contributed by atoms with E-state index in [1.807, 2.05) is 6.07 Å². The van der Waals surface area contributed by atoms with Crippen LogP contribution in [0.25, 0.3) is 0 Å². The van der Waals surface area contributed by atoms with Gasteiger partial charge in [0.15, 0.2) is 0 Å². The van der Waals surface area contributed by atoms with Gasteiger partial charge in [0.2, 0.25) is 0 Å². The lowest BCUT2D eigenvalue weighted by Crippen LogP contribution is -2.38. The molecule has 0 saturated carbocycles. The van der Waals surface area contributed by atoms with Gasteiger partial charge in [-0.05, 0) is 12.5 Å². The lowest BCUT2D eigenvalue weighted by molar-refractivity contribution is -0.110. The summed E-state index contributed by atoms with van der Waals surface area (Å²) >= 11 is 0. The molecule has 1 saturated heterocycles. The van der Waals surface area contributed by atoms with Gasteiger partial charge in [-0.2, -0.15) is 0 Å². The first-order chi connectivity index (χ1) is 7.24. The van der Waals surface area contributed by atoms with Gasteiger partial charge >= 0.3 is 0 Å². The second-order valence-corrected chi connectivity index (χ2v) is 4.28. The molecule has 0 amide bonds. The fraction of sp³-hybridized carbons (Fsp3) is 0.667. The second kappa shape index (κ2) is 4.37. The number of rotatable bonds is 3. The van der Waals surface area contributed by atoms with Crippen molar-refractivity contribution < 1.29 is 14.3 Å². The van der Waals surface area contributed by atoms with Crippen LogP contribution in [-0.4, -0.2) is 17.8 Å². The SMILES string of the molecule is CCCC1CC(O)(c2ccoc2)CCO1. The van der Waals surface area contributed by atoms with Gasteiger partial charge < -0.3 is 14.3 Å². The molecular formula is C12H18O3. The summed E-state index contributed by atoms with van der Waals surface area (Å²) in [6.45, 7) is 2.77. The predicted octanol–water partition coefficient (Wildman–Crippen LogP) is 2.45. The smallest absolute Gasteiger partial charge is 0.0974 e. The number of hydrogen-bond donors (Lipinski definition) is 1. The summed E-state index contributed by atoms with van der Waals surface area (Å²) in [5.41, 5.74) is 0.136. The monoisotopic (exact) mass is 210 g/mol. The Bertz CT molecular complexity index is 292. The molecule has 0 aromatic carbocycles. The van der Waals surface area contributed by atoms with Crippen LogP contribution in [0.15, 0.2) is 23.0 Å². The molecule has 3 nitrogen and oxygen atoms in total. The molecule has 2 atom stereocenters. The van der Waals surface area contributed by atoms with E-state index in [-0.39, 0.29) is 6.10 Å². The average Bonchev–Trinajstić information content (AvgIpc) is 2.71. The van der Waals surface area contributed by atoms with Crippen LogP contribution in [0.4, 0.5) is 0 Å². The first-order valence-electron chi connectivity index (χ1n) is 5.61. The molecule has 1 aliphatic heterocycles. The third kappa shape index (κ3) is 2.24. The van der Waals surface area contributed by atoms with Crippen molar-refractivity contribution in [1.82, 2.24) is 0 Å². The molecule has 1 aromatic rings. The molecule has 2 heterocycles. The van der Waals surface area contributed by atoms with E-state index in [2.05, 4.69) is 6.92 Å². The summed E-state index contributed by atoms with van der Waals surface area (Å²) in [5, 5.41) is 10.5. The standard InChI is InChI=1S/C12H18O3/c1-2-3-11-8-12(13,5-7-15-11)10-4-6-14-9-10/h4,6,9,11,13H,2-3,5,7-8H2,1H3. The highest BCUT2D eigenvalue weighted by Crippen LogP contribution is 2.35.